The Morgan fingerprint density at radius 1 is 1.29 bits per heavy atom. The quantitative estimate of drug-likeness (QED) is 0.613. The molecule has 0 radical (unpaired) electrons. The maximum atomic E-state index is 12.0. The van der Waals surface area contributed by atoms with Gasteiger partial charge in [0.2, 0.25) is 0 Å². The van der Waals surface area contributed by atoms with Gasteiger partial charge < -0.3 is 14.6 Å². The van der Waals surface area contributed by atoms with Crippen LogP contribution in [0.3, 0.4) is 0 Å². The summed E-state index contributed by atoms with van der Waals surface area (Å²) in [7, 11) is 1.26. The van der Waals surface area contributed by atoms with E-state index in [2.05, 4.69) is 20.0 Å². The van der Waals surface area contributed by atoms with Crippen molar-refractivity contribution in [3.05, 3.63) is 58.0 Å². The Kier molecular flexibility index (Phi) is 5.78. The summed E-state index contributed by atoms with van der Waals surface area (Å²) in [6.45, 7) is 2.52. The van der Waals surface area contributed by atoms with Crippen LogP contribution in [0.15, 0.2) is 35.5 Å². The normalized spacial score (nSPS) is 10.2. The Labute approximate surface area is 138 Å². The van der Waals surface area contributed by atoms with Crippen molar-refractivity contribution in [3.63, 3.8) is 0 Å². The molecule has 0 unspecified atom stereocenters. The highest BCUT2D eigenvalue weighted by Crippen LogP contribution is 2.00. The summed E-state index contributed by atoms with van der Waals surface area (Å²) in [6.07, 6.45) is 5.08. The standard InChI is InChI=1S/C16H18N4O4/c1-11-14(18-7-6-17-11)15(22)19-5-3-8-20-9-4-12(10-13(20)21)16(23)24-2/h4,6-7,9-10H,3,5,8H2,1-2H3,(H,19,22). The van der Waals surface area contributed by atoms with Gasteiger partial charge in [-0.2, -0.15) is 0 Å². The number of ether oxygens (including phenoxy) is 1. The monoisotopic (exact) mass is 330 g/mol. The summed E-state index contributed by atoms with van der Waals surface area (Å²) < 4.78 is 6.03. The molecule has 0 aliphatic rings. The summed E-state index contributed by atoms with van der Waals surface area (Å²) in [6, 6.07) is 2.75. The Hall–Kier alpha value is -3.03. The van der Waals surface area contributed by atoms with Crippen molar-refractivity contribution in [2.45, 2.75) is 19.9 Å². The highest BCUT2D eigenvalue weighted by Gasteiger charge is 2.10. The maximum Gasteiger partial charge on any atom is 0.338 e. The van der Waals surface area contributed by atoms with Gasteiger partial charge in [0.25, 0.3) is 11.5 Å². The van der Waals surface area contributed by atoms with Gasteiger partial charge >= 0.3 is 5.97 Å². The van der Waals surface area contributed by atoms with Crippen molar-refractivity contribution in [3.8, 4) is 0 Å². The van der Waals surface area contributed by atoms with E-state index in [0.717, 1.165) is 0 Å². The zero-order chi connectivity index (χ0) is 17.5. The Morgan fingerprint density at radius 2 is 2.04 bits per heavy atom. The largest absolute Gasteiger partial charge is 0.465 e. The molecule has 0 spiro atoms. The van der Waals surface area contributed by atoms with Gasteiger partial charge in [-0.05, 0) is 19.4 Å². The molecule has 0 bridgehead atoms. The van der Waals surface area contributed by atoms with Crippen LogP contribution in [0.1, 0.15) is 33.0 Å². The summed E-state index contributed by atoms with van der Waals surface area (Å²) in [5, 5.41) is 2.74. The number of aromatic nitrogens is 3. The molecular weight excluding hydrogens is 312 g/mol. The minimum atomic E-state index is -0.550. The fraction of sp³-hybridized carbons (Fsp3) is 0.312. The van der Waals surface area contributed by atoms with Crippen LogP contribution in [0, 0.1) is 6.92 Å². The van der Waals surface area contributed by atoms with E-state index in [9.17, 15) is 14.4 Å². The number of esters is 1. The van der Waals surface area contributed by atoms with Crippen LogP contribution in [-0.2, 0) is 11.3 Å². The second-order valence-corrected chi connectivity index (χ2v) is 5.04. The molecule has 2 rings (SSSR count). The van der Waals surface area contributed by atoms with E-state index in [-0.39, 0.29) is 22.7 Å². The summed E-state index contributed by atoms with van der Waals surface area (Å²) >= 11 is 0. The topological polar surface area (TPSA) is 103 Å². The average molecular weight is 330 g/mol. The van der Waals surface area contributed by atoms with Gasteiger partial charge in [-0.3, -0.25) is 14.6 Å². The fourth-order valence-electron chi connectivity index (χ4n) is 2.10. The van der Waals surface area contributed by atoms with Gasteiger partial charge in [0.1, 0.15) is 5.69 Å². The number of pyridine rings is 1. The van der Waals surface area contributed by atoms with Crippen LogP contribution >= 0.6 is 0 Å². The van der Waals surface area contributed by atoms with Crippen LogP contribution < -0.4 is 10.9 Å². The van der Waals surface area contributed by atoms with Crippen LogP contribution in [0.4, 0.5) is 0 Å². The number of aryl methyl sites for hydroxylation is 2. The molecule has 8 heteroatoms. The van der Waals surface area contributed by atoms with E-state index in [4.69, 9.17) is 0 Å². The van der Waals surface area contributed by atoms with E-state index < -0.39 is 5.97 Å². The third-order valence-electron chi connectivity index (χ3n) is 3.37. The Morgan fingerprint density at radius 3 is 2.71 bits per heavy atom. The van der Waals surface area contributed by atoms with E-state index >= 15 is 0 Å². The third kappa shape index (κ3) is 4.25. The number of methoxy groups -OCH3 is 1. The van der Waals surface area contributed by atoms with Gasteiger partial charge in [0.05, 0.1) is 18.4 Å². The van der Waals surface area contributed by atoms with Gasteiger partial charge in [0, 0.05) is 37.7 Å². The predicted octanol–water partition coefficient (Wildman–Crippen LogP) is 0.553. The molecule has 2 aromatic rings. The molecule has 24 heavy (non-hydrogen) atoms. The number of hydrogen-bond acceptors (Lipinski definition) is 6. The number of rotatable bonds is 6. The molecule has 0 fully saturated rings. The van der Waals surface area contributed by atoms with Crippen molar-refractivity contribution in [2.24, 2.45) is 0 Å². The minimum Gasteiger partial charge on any atom is -0.465 e. The molecule has 0 aromatic carbocycles. The minimum absolute atomic E-state index is 0.213. The zero-order valence-corrected chi connectivity index (χ0v) is 13.5. The van der Waals surface area contributed by atoms with E-state index in [0.29, 0.717) is 25.2 Å². The lowest BCUT2D eigenvalue weighted by molar-refractivity contribution is 0.0600. The second-order valence-electron chi connectivity index (χ2n) is 5.04. The lowest BCUT2D eigenvalue weighted by Crippen LogP contribution is -2.28. The molecule has 0 saturated heterocycles. The molecule has 0 saturated carbocycles. The van der Waals surface area contributed by atoms with Gasteiger partial charge in [-0.25, -0.2) is 9.78 Å². The van der Waals surface area contributed by atoms with Crippen molar-refractivity contribution >= 4 is 11.9 Å². The molecule has 0 aliphatic heterocycles. The highest BCUT2D eigenvalue weighted by molar-refractivity contribution is 5.93. The lowest BCUT2D eigenvalue weighted by atomic mass is 10.2. The first-order valence-electron chi connectivity index (χ1n) is 7.37. The number of carbonyl (C=O) groups excluding carboxylic acids is 2. The van der Waals surface area contributed by atoms with Crippen LogP contribution in [0.2, 0.25) is 0 Å². The smallest absolute Gasteiger partial charge is 0.338 e. The van der Waals surface area contributed by atoms with E-state index in [1.165, 1.54) is 42.4 Å². The lowest BCUT2D eigenvalue weighted by Gasteiger charge is -2.08. The van der Waals surface area contributed by atoms with E-state index in [1.54, 1.807) is 6.92 Å². The first-order chi connectivity index (χ1) is 11.5. The summed E-state index contributed by atoms with van der Waals surface area (Å²) in [4.78, 5) is 43.2. The average Bonchev–Trinajstić information content (AvgIpc) is 2.59. The number of amides is 1. The molecule has 0 atom stereocenters. The molecule has 2 heterocycles. The fourth-order valence-corrected chi connectivity index (χ4v) is 2.10. The van der Waals surface area contributed by atoms with Crippen molar-refractivity contribution in [1.29, 1.82) is 0 Å². The van der Waals surface area contributed by atoms with Gasteiger partial charge in [-0.15, -0.1) is 0 Å². The zero-order valence-electron chi connectivity index (χ0n) is 13.5. The van der Waals surface area contributed by atoms with Crippen LogP contribution in [0.25, 0.3) is 0 Å². The third-order valence-corrected chi connectivity index (χ3v) is 3.37. The molecular formula is C16H18N4O4. The Balaban J connectivity index is 1.87. The number of nitrogens with zero attached hydrogens (tertiary/aromatic N) is 3. The molecule has 1 N–H and O–H groups in total. The number of hydrogen-bond donors (Lipinski definition) is 1. The van der Waals surface area contributed by atoms with Gasteiger partial charge in [-0.1, -0.05) is 0 Å². The first kappa shape index (κ1) is 17.3. The number of carbonyl (C=O) groups is 2. The molecule has 2 aromatic heterocycles. The van der Waals surface area contributed by atoms with E-state index in [1.807, 2.05) is 0 Å². The van der Waals surface area contributed by atoms with Gasteiger partial charge in [0.15, 0.2) is 0 Å². The van der Waals surface area contributed by atoms with Crippen LogP contribution in [-0.4, -0.2) is 40.1 Å². The molecule has 126 valence electrons. The maximum absolute atomic E-state index is 12.0. The molecule has 0 aliphatic carbocycles. The summed E-state index contributed by atoms with van der Waals surface area (Å²) in [5.74, 6) is -0.847. The first-order valence-corrected chi connectivity index (χ1v) is 7.37. The molecule has 8 nitrogen and oxygen atoms in total. The summed E-state index contributed by atoms with van der Waals surface area (Å²) in [5.41, 5.74) is 0.765. The number of nitrogens with one attached hydrogen (secondary N) is 1. The Bertz CT molecular complexity index is 801. The van der Waals surface area contributed by atoms with Crippen LogP contribution in [0.5, 0.6) is 0 Å². The van der Waals surface area contributed by atoms with Crippen molar-refractivity contribution in [1.82, 2.24) is 19.9 Å². The highest BCUT2D eigenvalue weighted by atomic mass is 16.5. The molecule has 1 amide bonds. The second kappa shape index (κ2) is 8.00. The predicted molar refractivity (Wildman–Crippen MR) is 85.8 cm³/mol. The van der Waals surface area contributed by atoms with Crippen molar-refractivity contribution in [2.75, 3.05) is 13.7 Å². The van der Waals surface area contributed by atoms with Crippen molar-refractivity contribution < 1.29 is 14.3 Å². The SMILES string of the molecule is COC(=O)c1ccn(CCCNC(=O)c2nccnc2C)c(=O)c1.